The van der Waals surface area contributed by atoms with Gasteiger partial charge in [-0.1, -0.05) is 18.1 Å². The molecule has 1 fully saturated rings. The number of nitrogens with two attached hydrogens (primary N) is 1. The van der Waals surface area contributed by atoms with Crippen molar-refractivity contribution in [1.29, 1.82) is 0 Å². The molecule has 18 heavy (non-hydrogen) atoms. The third kappa shape index (κ3) is 2.87. The van der Waals surface area contributed by atoms with E-state index in [9.17, 15) is 4.79 Å². The van der Waals surface area contributed by atoms with E-state index in [2.05, 4.69) is 17.2 Å². The minimum Gasteiger partial charge on any atom is -0.335 e. The summed E-state index contributed by atoms with van der Waals surface area (Å²) in [6, 6.07) is 0.291. The number of carbonyl (C=O) groups is 1. The van der Waals surface area contributed by atoms with Crippen molar-refractivity contribution in [3.63, 3.8) is 0 Å². The second kappa shape index (κ2) is 5.95. The van der Waals surface area contributed by atoms with Crippen molar-refractivity contribution in [2.24, 2.45) is 5.73 Å². The van der Waals surface area contributed by atoms with Gasteiger partial charge in [0.15, 0.2) is 5.69 Å². The third-order valence-electron chi connectivity index (χ3n) is 3.43. The summed E-state index contributed by atoms with van der Waals surface area (Å²) in [5.41, 5.74) is 5.88. The van der Waals surface area contributed by atoms with Crippen LogP contribution in [-0.2, 0) is 6.54 Å². The molecule has 100 valence electrons. The predicted molar refractivity (Wildman–Crippen MR) is 68.0 cm³/mol. The van der Waals surface area contributed by atoms with Gasteiger partial charge in [0.1, 0.15) is 0 Å². The van der Waals surface area contributed by atoms with Gasteiger partial charge < -0.3 is 10.6 Å². The van der Waals surface area contributed by atoms with E-state index in [-0.39, 0.29) is 5.91 Å². The number of likely N-dealkylation sites (tertiary alicyclic amines) is 1. The molecule has 2 rings (SSSR count). The molecule has 1 aromatic rings. The van der Waals surface area contributed by atoms with Crippen molar-refractivity contribution in [2.45, 2.75) is 45.2 Å². The van der Waals surface area contributed by atoms with E-state index in [1.807, 2.05) is 4.90 Å². The Balaban J connectivity index is 2.08. The summed E-state index contributed by atoms with van der Waals surface area (Å²) in [6.07, 6.45) is 6.24. The molecule has 6 nitrogen and oxygen atoms in total. The number of hydrogen-bond acceptors (Lipinski definition) is 4. The van der Waals surface area contributed by atoms with Gasteiger partial charge in [-0.3, -0.25) is 9.48 Å². The number of amides is 1. The van der Waals surface area contributed by atoms with Gasteiger partial charge in [0.05, 0.1) is 12.7 Å². The first-order valence-electron chi connectivity index (χ1n) is 6.63. The summed E-state index contributed by atoms with van der Waals surface area (Å²) in [7, 11) is 0. The third-order valence-corrected chi connectivity index (χ3v) is 3.43. The number of nitrogens with zero attached hydrogens (tertiary/aromatic N) is 4. The highest BCUT2D eigenvalue weighted by Gasteiger charge is 2.24. The second-order valence-electron chi connectivity index (χ2n) is 4.85. The van der Waals surface area contributed by atoms with Crippen molar-refractivity contribution in [1.82, 2.24) is 19.9 Å². The lowest BCUT2D eigenvalue weighted by atomic mass is 10.1. The van der Waals surface area contributed by atoms with Crippen LogP contribution >= 0.6 is 0 Å². The molecule has 0 aromatic carbocycles. The van der Waals surface area contributed by atoms with Gasteiger partial charge in [-0.25, -0.2) is 0 Å². The molecule has 1 amide bonds. The molecule has 0 bridgehead atoms. The summed E-state index contributed by atoms with van der Waals surface area (Å²) in [5.74, 6) is -0.00679. The highest BCUT2D eigenvalue weighted by Crippen LogP contribution is 2.18. The van der Waals surface area contributed by atoms with Crippen LogP contribution in [0.3, 0.4) is 0 Å². The van der Waals surface area contributed by atoms with E-state index in [4.69, 9.17) is 5.73 Å². The van der Waals surface area contributed by atoms with Crippen LogP contribution in [0.1, 0.15) is 43.1 Å². The normalized spacial score (nSPS) is 20.8. The standard InChI is InChI=1S/C12H21N5O/c1-10-5-3-2-4-7-17(10)12(18)11-9-16(8-6-13)15-14-11/h9-10H,2-8,13H2,1H3. The summed E-state index contributed by atoms with van der Waals surface area (Å²) in [4.78, 5) is 14.3. The lowest BCUT2D eigenvalue weighted by molar-refractivity contribution is 0.0691. The number of carbonyl (C=O) groups excluding carboxylic acids is 1. The molecule has 0 radical (unpaired) electrons. The van der Waals surface area contributed by atoms with E-state index in [1.165, 1.54) is 12.8 Å². The average molecular weight is 251 g/mol. The van der Waals surface area contributed by atoms with Crippen LogP contribution in [0.2, 0.25) is 0 Å². The molecule has 0 saturated carbocycles. The maximum absolute atomic E-state index is 12.4. The van der Waals surface area contributed by atoms with Crippen LogP contribution in [-0.4, -0.2) is 44.9 Å². The van der Waals surface area contributed by atoms with Crippen LogP contribution < -0.4 is 5.73 Å². The smallest absolute Gasteiger partial charge is 0.276 e. The fraction of sp³-hybridized carbons (Fsp3) is 0.750. The quantitative estimate of drug-likeness (QED) is 0.855. The van der Waals surface area contributed by atoms with E-state index >= 15 is 0 Å². The van der Waals surface area contributed by atoms with Gasteiger partial charge in [0.2, 0.25) is 0 Å². The van der Waals surface area contributed by atoms with Crippen molar-refractivity contribution in [3.8, 4) is 0 Å². The Morgan fingerprint density at radius 1 is 1.50 bits per heavy atom. The summed E-state index contributed by atoms with van der Waals surface area (Å²) < 4.78 is 1.62. The first kappa shape index (κ1) is 13.0. The zero-order valence-electron chi connectivity index (χ0n) is 10.9. The Bertz CT molecular complexity index is 403. The molecule has 0 aliphatic carbocycles. The first-order valence-corrected chi connectivity index (χ1v) is 6.63. The van der Waals surface area contributed by atoms with E-state index < -0.39 is 0 Å². The lowest BCUT2D eigenvalue weighted by Gasteiger charge is -2.26. The highest BCUT2D eigenvalue weighted by molar-refractivity contribution is 5.92. The average Bonchev–Trinajstić information content (AvgIpc) is 2.71. The zero-order chi connectivity index (χ0) is 13.0. The fourth-order valence-corrected chi connectivity index (χ4v) is 2.36. The maximum atomic E-state index is 12.4. The molecule has 1 aliphatic rings. The van der Waals surface area contributed by atoms with Gasteiger partial charge in [-0.05, 0) is 19.8 Å². The van der Waals surface area contributed by atoms with Crippen LogP contribution in [0.4, 0.5) is 0 Å². The molecule has 1 aromatic heterocycles. The highest BCUT2D eigenvalue weighted by atomic mass is 16.2. The predicted octanol–water partition coefficient (Wildman–Crippen LogP) is 0.642. The van der Waals surface area contributed by atoms with Gasteiger partial charge in [-0.2, -0.15) is 0 Å². The minimum atomic E-state index is -0.00679. The Labute approximate surface area is 107 Å². The Hall–Kier alpha value is -1.43. The number of aromatic nitrogens is 3. The van der Waals surface area contributed by atoms with Gasteiger partial charge in [-0.15, -0.1) is 5.10 Å². The summed E-state index contributed by atoms with van der Waals surface area (Å²) >= 11 is 0. The van der Waals surface area contributed by atoms with Crippen molar-refractivity contribution < 1.29 is 4.79 Å². The van der Waals surface area contributed by atoms with Crippen LogP contribution in [0.25, 0.3) is 0 Å². The first-order chi connectivity index (χ1) is 8.72. The van der Waals surface area contributed by atoms with Crippen LogP contribution in [0.15, 0.2) is 6.20 Å². The minimum absolute atomic E-state index is 0.00679. The van der Waals surface area contributed by atoms with Gasteiger partial charge >= 0.3 is 0 Å². The second-order valence-corrected chi connectivity index (χ2v) is 4.85. The Morgan fingerprint density at radius 3 is 3.11 bits per heavy atom. The molecule has 1 unspecified atom stereocenters. The fourth-order valence-electron chi connectivity index (χ4n) is 2.36. The summed E-state index contributed by atoms with van der Waals surface area (Å²) in [6.45, 7) is 4.02. The van der Waals surface area contributed by atoms with E-state index in [1.54, 1.807) is 10.9 Å². The van der Waals surface area contributed by atoms with Crippen molar-refractivity contribution in [3.05, 3.63) is 11.9 Å². The van der Waals surface area contributed by atoms with Crippen molar-refractivity contribution in [2.75, 3.05) is 13.1 Å². The molecular weight excluding hydrogens is 230 g/mol. The monoisotopic (exact) mass is 251 g/mol. The molecule has 1 saturated heterocycles. The van der Waals surface area contributed by atoms with Crippen LogP contribution in [0, 0.1) is 0 Å². The number of hydrogen-bond donors (Lipinski definition) is 1. The van der Waals surface area contributed by atoms with E-state index in [0.29, 0.717) is 24.8 Å². The topological polar surface area (TPSA) is 77.0 Å². The van der Waals surface area contributed by atoms with Crippen molar-refractivity contribution >= 4 is 5.91 Å². The van der Waals surface area contributed by atoms with E-state index in [0.717, 1.165) is 19.4 Å². The molecule has 0 spiro atoms. The van der Waals surface area contributed by atoms with Gasteiger partial charge in [0, 0.05) is 19.1 Å². The SMILES string of the molecule is CC1CCCCCN1C(=O)c1cn(CCN)nn1. The zero-order valence-corrected chi connectivity index (χ0v) is 10.9. The number of rotatable bonds is 3. The van der Waals surface area contributed by atoms with Gasteiger partial charge in [0.25, 0.3) is 5.91 Å². The molecule has 1 aliphatic heterocycles. The summed E-state index contributed by atoms with van der Waals surface area (Å²) in [5, 5.41) is 7.85. The molecule has 6 heteroatoms. The maximum Gasteiger partial charge on any atom is 0.276 e. The molecular formula is C12H21N5O. The van der Waals surface area contributed by atoms with Crippen LogP contribution in [0.5, 0.6) is 0 Å². The molecule has 1 atom stereocenters. The Morgan fingerprint density at radius 2 is 2.33 bits per heavy atom. The largest absolute Gasteiger partial charge is 0.335 e. The lowest BCUT2D eigenvalue weighted by Crippen LogP contribution is -2.38. The molecule has 2 heterocycles. The molecule has 2 N–H and O–H groups in total. The Kier molecular flexibility index (Phi) is 4.30.